The molecule has 1 aliphatic carbocycles. The van der Waals surface area contributed by atoms with Crippen LogP contribution in [0.25, 0.3) is 0 Å². The van der Waals surface area contributed by atoms with Crippen molar-refractivity contribution in [1.82, 2.24) is 0 Å². The molecule has 0 spiro atoms. The van der Waals surface area contributed by atoms with Gasteiger partial charge in [0.05, 0.1) is 4.88 Å². The number of ketones is 1. The molecule has 0 radical (unpaired) electrons. The minimum Gasteiger partial charge on any atom is -0.293 e. The molecule has 2 rings (SSSR count). The molecule has 1 nitrogen and oxygen atoms in total. The van der Waals surface area contributed by atoms with E-state index < -0.39 is 0 Å². The number of hydrogen-bond donors (Lipinski definition) is 0. The zero-order valence-corrected chi connectivity index (χ0v) is 9.62. The Balaban J connectivity index is 1.95. The van der Waals surface area contributed by atoms with Gasteiger partial charge in [0.25, 0.3) is 0 Å². The third-order valence-corrected chi connectivity index (χ3v) is 4.11. The summed E-state index contributed by atoms with van der Waals surface area (Å²) in [6.07, 6.45) is 4.55. The van der Waals surface area contributed by atoms with Gasteiger partial charge in [-0.2, -0.15) is 0 Å². The van der Waals surface area contributed by atoms with Crippen LogP contribution >= 0.6 is 11.3 Å². The highest BCUT2D eigenvalue weighted by Gasteiger charge is 2.22. The molecule has 0 bridgehead atoms. The molecule has 0 atom stereocenters. The van der Waals surface area contributed by atoms with Crippen molar-refractivity contribution in [2.75, 3.05) is 0 Å². The zero-order chi connectivity index (χ0) is 10.1. The molecule has 76 valence electrons. The number of Topliss-reactive ketones (excluding diaryl/α,β-unsaturated/α-hetero) is 1. The lowest BCUT2D eigenvalue weighted by molar-refractivity contribution is 0.0982. The molecule has 1 heterocycles. The summed E-state index contributed by atoms with van der Waals surface area (Å²) in [6.45, 7) is 4.15. The van der Waals surface area contributed by atoms with E-state index in [1.54, 1.807) is 11.3 Å². The van der Waals surface area contributed by atoms with Crippen molar-refractivity contribution in [3.63, 3.8) is 0 Å². The highest BCUT2D eigenvalue weighted by atomic mass is 32.1. The number of rotatable bonds is 4. The van der Waals surface area contributed by atoms with Gasteiger partial charge in [0.2, 0.25) is 0 Å². The fourth-order valence-corrected chi connectivity index (χ4v) is 2.58. The molecule has 0 aromatic carbocycles. The molecule has 2 heteroatoms. The molecular formula is C12H16OS. The van der Waals surface area contributed by atoms with E-state index >= 15 is 0 Å². The zero-order valence-electron chi connectivity index (χ0n) is 8.80. The van der Waals surface area contributed by atoms with E-state index in [0.717, 1.165) is 23.6 Å². The van der Waals surface area contributed by atoms with Crippen LogP contribution in [-0.2, 0) is 0 Å². The van der Waals surface area contributed by atoms with Crippen molar-refractivity contribution in [2.24, 2.45) is 5.92 Å². The van der Waals surface area contributed by atoms with Crippen molar-refractivity contribution in [3.8, 4) is 0 Å². The van der Waals surface area contributed by atoms with Crippen LogP contribution < -0.4 is 0 Å². The lowest BCUT2D eigenvalue weighted by Gasteiger charge is -1.95. The van der Waals surface area contributed by atoms with Crippen LogP contribution in [0.3, 0.4) is 0 Å². The lowest BCUT2D eigenvalue weighted by Crippen LogP contribution is -1.95. The van der Waals surface area contributed by atoms with E-state index in [1.165, 1.54) is 23.3 Å². The van der Waals surface area contributed by atoms with Gasteiger partial charge in [0.1, 0.15) is 0 Å². The summed E-state index contributed by atoms with van der Waals surface area (Å²) in [4.78, 5) is 14.0. The Kier molecular flexibility index (Phi) is 2.73. The first-order valence-corrected chi connectivity index (χ1v) is 6.08. The van der Waals surface area contributed by atoms with Crippen LogP contribution in [0, 0.1) is 19.8 Å². The van der Waals surface area contributed by atoms with Crippen molar-refractivity contribution in [2.45, 2.75) is 39.5 Å². The van der Waals surface area contributed by atoms with Gasteiger partial charge in [-0.1, -0.05) is 12.8 Å². The Morgan fingerprint density at radius 2 is 2.21 bits per heavy atom. The number of thiophene rings is 1. The first-order chi connectivity index (χ1) is 6.66. The molecule has 0 amide bonds. The normalized spacial score (nSPS) is 15.9. The molecule has 1 aromatic heterocycles. The van der Waals surface area contributed by atoms with Crippen LogP contribution in [-0.4, -0.2) is 5.78 Å². The largest absolute Gasteiger partial charge is 0.293 e. The second-order valence-electron chi connectivity index (χ2n) is 4.26. The van der Waals surface area contributed by atoms with Gasteiger partial charge in [-0.3, -0.25) is 4.79 Å². The van der Waals surface area contributed by atoms with Crippen LogP contribution in [0.1, 0.15) is 45.8 Å². The summed E-state index contributed by atoms with van der Waals surface area (Å²) < 4.78 is 0. The van der Waals surface area contributed by atoms with E-state index in [9.17, 15) is 4.79 Å². The predicted molar refractivity (Wildman–Crippen MR) is 60.1 cm³/mol. The summed E-state index contributed by atoms with van der Waals surface area (Å²) in [7, 11) is 0. The Morgan fingerprint density at radius 1 is 1.50 bits per heavy atom. The van der Waals surface area contributed by atoms with Gasteiger partial charge >= 0.3 is 0 Å². The summed E-state index contributed by atoms with van der Waals surface area (Å²) in [5.74, 6) is 1.21. The highest BCUT2D eigenvalue weighted by molar-refractivity contribution is 7.14. The Hall–Kier alpha value is -0.630. The number of carbonyl (C=O) groups excluding carboxylic acids is 1. The molecule has 1 saturated carbocycles. The third kappa shape index (κ3) is 2.24. The molecule has 14 heavy (non-hydrogen) atoms. The average Bonchev–Trinajstić information content (AvgIpc) is 2.91. The van der Waals surface area contributed by atoms with Crippen LogP contribution in [0.5, 0.6) is 0 Å². The van der Waals surface area contributed by atoms with E-state index in [0.29, 0.717) is 5.78 Å². The van der Waals surface area contributed by atoms with Gasteiger partial charge in [-0.15, -0.1) is 11.3 Å². The van der Waals surface area contributed by atoms with Crippen molar-refractivity contribution >= 4 is 17.1 Å². The maximum atomic E-state index is 11.8. The summed E-state index contributed by atoms with van der Waals surface area (Å²) in [5, 5.41) is 0. The molecule has 1 aromatic rings. The Labute approximate surface area is 89.1 Å². The topological polar surface area (TPSA) is 17.1 Å². The number of aryl methyl sites for hydroxylation is 2. The molecule has 1 aliphatic rings. The third-order valence-electron chi connectivity index (χ3n) is 2.92. The Morgan fingerprint density at radius 3 is 2.71 bits per heavy atom. The standard InChI is InChI=1S/C12H16OS/c1-8-7-12(14-9(8)2)11(13)6-5-10-3-4-10/h7,10H,3-6H2,1-2H3. The molecule has 0 aliphatic heterocycles. The molecular weight excluding hydrogens is 192 g/mol. The van der Waals surface area contributed by atoms with Crippen LogP contribution in [0.2, 0.25) is 0 Å². The maximum absolute atomic E-state index is 11.8. The van der Waals surface area contributed by atoms with E-state index in [-0.39, 0.29) is 0 Å². The molecule has 0 saturated heterocycles. The first kappa shape index (κ1) is 9.91. The minimum absolute atomic E-state index is 0.345. The molecule has 0 N–H and O–H groups in total. The summed E-state index contributed by atoms with van der Waals surface area (Å²) in [6, 6.07) is 2.04. The van der Waals surface area contributed by atoms with Crippen molar-refractivity contribution < 1.29 is 4.79 Å². The maximum Gasteiger partial charge on any atom is 0.172 e. The summed E-state index contributed by atoms with van der Waals surface area (Å²) >= 11 is 1.64. The second kappa shape index (κ2) is 3.85. The minimum atomic E-state index is 0.345. The van der Waals surface area contributed by atoms with Gasteiger partial charge in [-0.25, -0.2) is 0 Å². The van der Waals surface area contributed by atoms with Gasteiger partial charge in [-0.05, 0) is 37.8 Å². The second-order valence-corrected chi connectivity index (χ2v) is 5.51. The van der Waals surface area contributed by atoms with Gasteiger partial charge in [0, 0.05) is 11.3 Å². The van der Waals surface area contributed by atoms with E-state index in [2.05, 4.69) is 13.8 Å². The van der Waals surface area contributed by atoms with Crippen molar-refractivity contribution in [3.05, 3.63) is 21.4 Å². The first-order valence-electron chi connectivity index (χ1n) is 5.27. The smallest absolute Gasteiger partial charge is 0.172 e. The fraction of sp³-hybridized carbons (Fsp3) is 0.583. The van der Waals surface area contributed by atoms with Crippen LogP contribution in [0.15, 0.2) is 6.07 Å². The quantitative estimate of drug-likeness (QED) is 0.689. The lowest BCUT2D eigenvalue weighted by atomic mass is 10.1. The molecule has 0 unspecified atom stereocenters. The number of carbonyl (C=O) groups is 1. The van der Waals surface area contributed by atoms with E-state index in [1.807, 2.05) is 6.07 Å². The van der Waals surface area contributed by atoms with E-state index in [4.69, 9.17) is 0 Å². The molecule has 1 fully saturated rings. The monoisotopic (exact) mass is 208 g/mol. The van der Waals surface area contributed by atoms with Crippen molar-refractivity contribution in [1.29, 1.82) is 0 Å². The van der Waals surface area contributed by atoms with Crippen LogP contribution in [0.4, 0.5) is 0 Å². The Bertz CT molecular complexity index is 328. The SMILES string of the molecule is Cc1cc(C(=O)CCC2CC2)sc1C. The van der Waals surface area contributed by atoms with Gasteiger partial charge in [0.15, 0.2) is 5.78 Å². The average molecular weight is 208 g/mol. The number of hydrogen-bond acceptors (Lipinski definition) is 2. The fourth-order valence-electron chi connectivity index (χ4n) is 1.58. The predicted octanol–water partition coefficient (Wildman–Crippen LogP) is 3.74. The summed E-state index contributed by atoms with van der Waals surface area (Å²) in [5.41, 5.74) is 1.25. The highest BCUT2D eigenvalue weighted by Crippen LogP contribution is 2.34. The van der Waals surface area contributed by atoms with Gasteiger partial charge < -0.3 is 0 Å².